The Morgan fingerprint density at radius 1 is 1.43 bits per heavy atom. The average molecular weight is 310 g/mol. The number of aliphatic hydroxyl groups excluding tert-OH is 1. The monoisotopic (exact) mass is 310 g/mol. The maximum Gasteiger partial charge on any atom is 1.00 e. The minimum absolute atomic E-state index is 0. The molecule has 7 heteroatoms. The summed E-state index contributed by atoms with van der Waals surface area (Å²) in [5.74, 6) is -1.06. The van der Waals surface area contributed by atoms with Gasteiger partial charge in [0.05, 0.1) is 6.04 Å². The number of nitrogens with one attached hydrogen (secondary N) is 1. The molecule has 2 atom stereocenters. The van der Waals surface area contributed by atoms with Crippen LogP contribution in [-0.4, -0.2) is 53.2 Å². The van der Waals surface area contributed by atoms with Crippen molar-refractivity contribution in [2.24, 2.45) is 5.92 Å². The average Bonchev–Trinajstić information content (AvgIpc) is 2.87. The van der Waals surface area contributed by atoms with Crippen LogP contribution in [0.2, 0.25) is 0 Å². The number of carboxylic acid groups (broad SMARTS) is 1. The summed E-state index contributed by atoms with van der Waals surface area (Å²) < 4.78 is 2.19. The van der Waals surface area contributed by atoms with Crippen LogP contribution in [0, 0.1) is 5.92 Å². The van der Waals surface area contributed by atoms with Crippen LogP contribution in [0.1, 0.15) is 45.4 Å². The van der Waals surface area contributed by atoms with Gasteiger partial charge in [0, 0.05) is 18.5 Å². The molecule has 0 fully saturated rings. The molecular weight excluding hydrogens is 283 g/mol. The molecule has 21 heavy (non-hydrogen) atoms. The predicted molar refractivity (Wildman–Crippen MR) is 73.9 cm³/mol. The molecule has 0 amide bonds. The molecule has 0 bridgehead atoms. The van der Waals surface area contributed by atoms with Crippen molar-refractivity contribution >= 4 is 12.3 Å². The van der Waals surface area contributed by atoms with Crippen LogP contribution in [0.15, 0.2) is 0 Å². The Labute approximate surface area is 149 Å². The molecule has 118 valence electrons. The molecule has 0 aromatic rings. The third-order valence-corrected chi connectivity index (χ3v) is 3.77. The number of carbonyl (C=O) groups is 1. The Kier molecular flexibility index (Phi) is 14.9. The molecule has 1 rings (SSSR count). The second-order valence-corrected chi connectivity index (χ2v) is 5.23. The molecule has 0 saturated carbocycles. The molecule has 0 spiro atoms. The molecule has 3 N–H and O–H groups in total. The van der Waals surface area contributed by atoms with Gasteiger partial charge in [0.2, 0.25) is 6.34 Å². The van der Waals surface area contributed by atoms with E-state index in [2.05, 4.69) is 16.8 Å². The van der Waals surface area contributed by atoms with E-state index in [1.165, 1.54) is 0 Å². The fourth-order valence-corrected chi connectivity index (χ4v) is 2.79. The zero-order chi connectivity index (χ0) is 14.1. The summed E-state index contributed by atoms with van der Waals surface area (Å²) in [6.45, 7) is 4.00. The van der Waals surface area contributed by atoms with Gasteiger partial charge >= 0.3 is 29.6 Å². The van der Waals surface area contributed by atoms with Crippen molar-refractivity contribution in [3.05, 3.63) is 0 Å². The van der Waals surface area contributed by atoms with E-state index in [1.807, 2.05) is 6.34 Å². The standard InChI is InChI=1S/C14H26N2O3.Na.H2O/c1-2-3-4-5-13(16-8-7-15-11-16)12(6-9-17)10-14(18)19;;/h11-13,17H,2-10H2,1H3,(H,18,19);;1H2/q;+1;/p-1. The first-order valence-electron chi connectivity index (χ1n) is 7.32. The van der Waals surface area contributed by atoms with Gasteiger partial charge < -0.3 is 20.5 Å². The van der Waals surface area contributed by atoms with E-state index in [1.54, 1.807) is 0 Å². The number of hydrogen-bond acceptors (Lipinski definition) is 5. The second-order valence-electron chi connectivity index (χ2n) is 5.23. The van der Waals surface area contributed by atoms with Gasteiger partial charge in [0.15, 0.2) is 0 Å². The molecule has 1 heterocycles. The quantitative estimate of drug-likeness (QED) is 0.248. The predicted octanol–water partition coefficient (Wildman–Crippen LogP) is -3.45. The maximum absolute atomic E-state index is 10.9. The van der Waals surface area contributed by atoms with Gasteiger partial charge in [-0.05, 0) is 25.7 Å². The number of aliphatic hydroxyl groups is 1. The molecule has 1 aliphatic rings. The molecule has 0 aromatic carbocycles. The van der Waals surface area contributed by atoms with Gasteiger partial charge in [-0.3, -0.25) is 9.89 Å². The molecule has 0 saturated heterocycles. The number of nitrogens with zero attached hydrogens (tertiary/aromatic N) is 1. The number of aliphatic carboxylic acids is 1. The first kappa shape index (κ1) is 23.1. The Bertz CT molecular complexity index is 313. The van der Waals surface area contributed by atoms with E-state index in [4.69, 9.17) is 5.11 Å². The minimum Gasteiger partial charge on any atom is -0.870 e. The number of carbonyl (C=O) groups excluding carboxylic acids is 1. The number of carboxylic acids is 1. The van der Waals surface area contributed by atoms with Crippen molar-refractivity contribution in [2.75, 3.05) is 19.7 Å². The fraction of sp³-hybridized carbons (Fsp3) is 0.857. The zero-order valence-corrected chi connectivity index (χ0v) is 15.3. The smallest absolute Gasteiger partial charge is 0.870 e. The van der Waals surface area contributed by atoms with Crippen molar-refractivity contribution in [3.63, 3.8) is 0 Å². The topological polar surface area (TPSA) is 105 Å². The van der Waals surface area contributed by atoms with Crippen LogP contribution in [0.25, 0.3) is 0 Å². The van der Waals surface area contributed by atoms with Gasteiger partial charge in [-0.25, -0.2) is 0 Å². The third kappa shape index (κ3) is 8.78. The van der Waals surface area contributed by atoms with E-state index in [-0.39, 0.29) is 60.0 Å². The normalized spacial score (nSPS) is 16.0. The summed E-state index contributed by atoms with van der Waals surface area (Å²) in [5.41, 5.74) is 0. The first-order valence-corrected chi connectivity index (χ1v) is 7.32. The summed E-state index contributed by atoms with van der Waals surface area (Å²) in [4.78, 5) is 10.9. The van der Waals surface area contributed by atoms with Gasteiger partial charge in [0.25, 0.3) is 0 Å². The summed E-state index contributed by atoms with van der Waals surface area (Å²) in [6, 6.07) is 0.187. The van der Waals surface area contributed by atoms with Crippen LogP contribution in [-0.2, 0) is 4.79 Å². The van der Waals surface area contributed by atoms with E-state index >= 15 is 0 Å². The van der Waals surface area contributed by atoms with Crippen LogP contribution >= 0.6 is 0 Å². The fourth-order valence-electron chi connectivity index (χ4n) is 2.79. The van der Waals surface area contributed by atoms with E-state index in [0.717, 1.165) is 38.8 Å². The molecule has 0 aliphatic carbocycles. The Morgan fingerprint density at radius 3 is 2.62 bits per heavy atom. The Hall–Kier alpha value is -0.140. The summed E-state index contributed by atoms with van der Waals surface area (Å²) in [5, 5.41) is 23.2. The van der Waals surface area contributed by atoms with Crippen molar-refractivity contribution in [1.82, 2.24) is 5.32 Å². The number of unbranched alkanes of at least 4 members (excludes halogenated alkanes) is 2. The SMILES string of the molecule is CCCCCC(C(CCO)CC(=O)[O-])[N+]1=CNCC1.[Na+].[OH-]. The summed E-state index contributed by atoms with van der Waals surface area (Å²) in [7, 11) is 0. The third-order valence-electron chi connectivity index (χ3n) is 3.77. The van der Waals surface area contributed by atoms with Crippen molar-refractivity contribution in [1.29, 1.82) is 0 Å². The Morgan fingerprint density at radius 2 is 2.14 bits per heavy atom. The van der Waals surface area contributed by atoms with E-state index in [9.17, 15) is 9.90 Å². The van der Waals surface area contributed by atoms with Gasteiger partial charge in [-0.2, -0.15) is 0 Å². The van der Waals surface area contributed by atoms with E-state index < -0.39 is 5.97 Å². The molecule has 0 radical (unpaired) electrons. The van der Waals surface area contributed by atoms with Crippen LogP contribution < -0.4 is 40.0 Å². The van der Waals surface area contributed by atoms with E-state index in [0.29, 0.717) is 6.42 Å². The van der Waals surface area contributed by atoms with Crippen molar-refractivity contribution in [2.45, 2.75) is 51.5 Å². The summed E-state index contributed by atoms with van der Waals surface area (Å²) >= 11 is 0. The molecule has 6 nitrogen and oxygen atoms in total. The maximum atomic E-state index is 10.9. The van der Waals surface area contributed by atoms with Crippen molar-refractivity contribution < 1.29 is 54.6 Å². The second kappa shape index (κ2) is 13.5. The number of rotatable bonds is 10. The summed E-state index contributed by atoms with van der Waals surface area (Å²) in [6.07, 6.45) is 6.90. The van der Waals surface area contributed by atoms with Crippen LogP contribution in [0.4, 0.5) is 0 Å². The molecule has 0 aromatic heterocycles. The minimum atomic E-state index is -1.02. The van der Waals surface area contributed by atoms with Gasteiger partial charge in [0.1, 0.15) is 13.1 Å². The van der Waals surface area contributed by atoms with Gasteiger partial charge in [-0.1, -0.05) is 19.8 Å². The van der Waals surface area contributed by atoms with Crippen LogP contribution in [0.3, 0.4) is 0 Å². The van der Waals surface area contributed by atoms with Crippen molar-refractivity contribution in [3.8, 4) is 0 Å². The number of hydrogen-bond donors (Lipinski definition) is 2. The largest absolute Gasteiger partial charge is 1.00 e. The first-order chi connectivity index (χ1) is 9.19. The molecular formula is C14H27N2NaO4. The molecule has 1 aliphatic heterocycles. The Balaban J connectivity index is 0. The van der Waals surface area contributed by atoms with Crippen LogP contribution in [0.5, 0.6) is 0 Å². The molecule has 2 unspecified atom stereocenters. The van der Waals surface area contributed by atoms with Gasteiger partial charge in [-0.15, -0.1) is 0 Å². The zero-order valence-electron chi connectivity index (χ0n) is 13.3.